The highest BCUT2D eigenvalue weighted by Gasteiger charge is 2.26. The van der Waals surface area contributed by atoms with E-state index in [9.17, 15) is 9.59 Å². The molecular formula is C18H14N4O2S3. The second-order valence-electron chi connectivity index (χ2n) is 5.72. The Morgan fingerprint density at radius 1 is 1.19 bits per heavy atom. The Balaban J connectivity index is 1.49. The summed E-state index contributed by atoms with van der Waals surface area (Å²) in [7, 11) is 0. The van der Waals surface area contributed by atoms with Gasteiger partial charge in [0.2, 0.25) is 11.8 Å². The Morgan fingerprint density at radius 2 is 1.93 bits per heavy atom. The van der Waals surface area contributed by atoms with Crippen LogP contribution in [0.15, 0.2) is 58.9 Å². The van der Waals surface area contributed by atoms with Crippen molar-refractivity contribution in [1.82, 2.24) is 9.78 Å². The highest BCUT2D eigenvalue weighted by Crippen LogP contribution is 2.30. The molecule has 0 spiro atoms. The maximum absolute atomic E-state index is 12.7. The minimum absolute atomic E-state index is 0.0184. The predicted molar refractivity (Wildman–Crippen MR) is 110 cm³/mol. The van der Waals surface area contributed by atoms with E-state index >= 15 is 0 Å². The third kappa shape index (κ3) is 3.80. The SMILES string of the molecule is O=C1CN(C(=O)CSc2nn(-c3ccccc3)c(=S)s2)c2ccccc2N1. The molecule has 0 unspecified atom stereocenters. The van der Waals surface area contributed by atoms with Crippen LogP contribution in [0, 0.1) is 3.95 Å². The second kappa shape index (κ2) is 7.63. The van der Waals surface area contributed by atoms with Gasteiger partial charge in [-0.2, -0.15) is 0 Å². The lowest BCUT2D eigenvalue weighted by atomic mass is 10.2. The Kier molecular flexibility index (Phi) is 5.06. The summed E-state index contributed by atoms with van der Waals surface area (Å²) in [6.07, 6.45) is 0. The van der Waals surface area contributed by atoms with Crippen LogP contribution in [0.5, 0.6) is 0 Å². The van der Waals surface area contributed by atoms with Gasteiger partial charge in [0.05, 0.1) is 22.8 Å². The van der Waals surface area contributed by atoms with Crippen molar-refractivity contribution in [1.29, 1.82) is 0 Å². The van der Waals surface area contributed by atoms with E-state index in [1.807, 2.05) is 48.5 Å². The number of rotatable bonds is 4. The van der Waals surface area contributed by atoms with Crippen LogP contribution in [0.2, 0.25) is 0 Å². The topological polar surface area (TPSA) is 67.2 Å². The Hall–Kier alpha value is -2.49. The van der Waals surface area contributed by atoms with Crippen molar-refractivity contribution < 1.29 is 9.59 Å². The Labute approximate surface area is 168 Å². The molecule has 0 saturated heterocycles. The zero-order chi connectivity index (χ0) is 18.8. The first-order chi connectivity index (χ1) is 13.1. The van der Waals surface area contributed by atoms with Gasteiger partial charge in [-0.15, -0.1) is 5.10 Å². The number of hydrogen-bond acceptors (Lipinski definition) is 6. The van der Waals surface area contributed by atoms with Gasteiger partial charge in [0, 0.05) is 0 Å². The first kappa shape index (κ1) is 17.9. The lowest BCUT2D eigenvalue weighted by molar-refractivity contribution is -0.120. The number of benzene rings is 2. The van der Waals surface area contributed by atoms with Crippen molar-refractivity contribution in [2.45, 2.75) is 4.34 Å². The Bertz CT molecular complexity index is 1060. The Morgan fingerprint density at radius 3 is 2.74 bits per heavy atom. The average Bonchev–Trinajstić information content (AvgIpc) is 3.06. The molecule has 1 aliphatic rings. The summed E-state index contributed by atoms with van der Waals surface area (Å²) in [5.41, 5.74) is 2.25. The average molecular weight is 415 g/mol. The molecule has 2 aromatic carbocycles. The minimum Gasteiger partial charge on any atom is -0.323 e. The van der Waals surface area contributed by atoms with Crippen LogP contribution in [0.25, 0.3) is 5.69 Å². The van der Waals surface area contributed by atoms with E-state index in [0.717, 1.165) is 5.69 Å². The fraction of sp³-hybridized carbons (Fsp3) is 0.111. The van der Waals surface area contributed by atoms with E-state index in [0.29, 0.717) is 19.7 Å². The molecule has 0 saturated carbocycles. The molecule has 0 radical (unpaired) electrons. The standard InChI is InChI=1S/C18H14N4O2S3/c23-15-10-21(14-9-5-4-8-13(14)19-15)16(24)11-26-17-20-22(18(25)27-17)12-6-2-1-3-7-12/h1-9H,10-11H2,(H,19,23). The van der Waals surface area contributed by atoms with Crippen LogP contribution in [0.1, 0.15) is 0 Å². The van der Waals surface area contributed by atoms with Gasteiger partial charge < -0.3 is 10.2 Å². The summed E-state index contributed by atoms with van der Waals surface area (Å²) in [6, 6.07) is 16.9. The van der Waals surface area contributed by atoms with Gasteiger partial charge in [-0.1, -0.05) is 53.4 Å². The molecule has 3 aromatic rings. The number of nitrogens with zero attached hydrogens (tertiary/aromatic N) is 3. The first-order valence-electron chi connectivity index (χ1n) is 8.09. The number of aromatic nitrogens is 2. The zero-order valence-electron chi connectivity index (χ0n) is 14.0. The number of amides is 2. The number of thioether (sulfide) groups is 1. The van der Waals surface area contributed by atoms with E-state index in [-0.39, 0.29) is 24.1 Å². The van der Waals surface area contributed by atoms with E-state index in [4.69, 9.17) is 12.2 Å². The summed E-state index contributed by atoms with van der Waals surface area (Å²) in [6.45, 7) is 0.0184. The van der Waals surface area contributed by atoms with Gasteiger partial charge in [-0.05, 0) is 36.5 Å². The maximum atomic E-state index is 12.7. The number of hydrogen-bond donors (Lipinski definition) is 1. The third-order valence-electron chi connectivity index (χ3n) is 3.92. The zero-order valence-corrected chi connectivity index (χ0v) is 16.4. The van der Waals surface area contributed by atoms with E-state index < -0.39 is 0 Å². The molecule has 0 atom stereocenters. The molecule has 2 heterocycles. The largest absolute Gasteiger partial charge is 0.323 e. The van der Waals surface area contributed by atoms with Gasteiger partial charge >= 0.3 is 0 Å². The van der Waals surface area contributed by atoms with Crippen LogP contribution < -0.4 is 10.2 Å². The monoisotopic (exact) mass is 414 g/mol. The first-order valence-corrected chi connectivity index (χ1v) is 10.3. The smallest absolute Gasteiger partial charge is 0.244 e. The number of carbonyl (C=O) groups excluding carboxylic acids is 2. The minimum atomic E-state index is -0.198. The van der Waals surface area contributed by atoms with E-state index in [1.54, 1.807) is 10.7 Å². The molecular weight excluding hydrogens is 400 g/mol. The fourth-order valence-electron chi connectivity index (χ4n) is 2.71. The van der Waals surface area contributed by atoms with Gasteiger partial charge in [0.1, 0.15) is 6.54 Å². The molecule has 0 fully saturated rings. The van der Waals surface area contributed by atoms with E-state index in [1.165, 1.54) is 28.0 Å². The van der Waals surface area contributed by atoms with Gasteiger partial charge in [0.15, 0.2) is 8.29 Å². The highest BCUT2D eigenvalue weighted by atomic mass is 32.2. The number of para-hydroxylation sites is 3. The molecule has 136 valence electrons. The molecule has 1 aliphatic heterocycles. The van der Waals surface area contributed by atoms with Gasteiger partial charge in [-0.25, -0.2) is 4.68 Å². The van der Waals surface area contributed by atoms with Crippen LogP contribution in [0.3, 0.4) is 0 Å². The fourth-order valence-corrected chi connectivity index (χ4v) is 4.95. The molecule has 9 heteroatoms. The summed E-state index contributed by atoms with van der Waals surface area (Å²) < 4.78 is 3.03. The van der Waals surface area contributed by atoms with Crippen molar-refractivity contribution in [3.05, 3.63) is 58.6 Å². The van der Waals surface area contributed by atoms with Gasteiger partial charge in [0.25, 0.3) is 0 Å². The van der Waals surface area contributed by atoms with Crippen molar-refractivity contribution in [3.63, 3.8) is 0 Å². The number of anilines is 2. The van der Waals surface area contributed by atoms with Crippen LogP contribution in [-0.2, 0) is 9.59 Å². The summed E-state index contributed by atoms with van der Waals surface area (Å²) >= 11 is 8.07. The quantitative estimate of drug-likeness (QED) is 0.520. The van der Waals surface area contributed by atoms with Crippen LogP contribution in [0.4, 0.5) is 11.4 Å². The predicted octanol–water partition coefficient (Wildman–Crippen LogP) is 3.74. The van der Waals surface area contributed by atoms with Crippen molar-refractivity contribution in [2.75, 3.05) is 22.5 Å². The number of carbonyl (C=O) groups is 2. The van der Waals surface area contributed by atoms with Crippen LogP contribution in [-0.4, -0.2) is 33.9 Å². The highest BCUT2D eigenvalue weighted by molar-refractivity contribution is 8.01. The summed E-state index contributed by atoms with van der Waals surface area (Å²) in [4.78, 5) is 26.1. The lowest BCUT2D eigenvalue weighted by Gasteiger charge is -2.28. The van der Waals surface area contributed by atoms with Gasteiger partial charge in [-0.3, -0.25) is 9.59 Å². The second-order valence-corrected chi connectivity index (χ2v) is 8.56. The van der Waals surface area contributed by atoms with E-state index in [2.05, 4.69) is 10.4 Å². The molecule has 27 heavy (non-hydrogen) atoms. The lowest BCUT2D eigenvalue weighted by Crippen LogP contribution is -2.43. The summed E-state index contributed by atoms with van der Waals surface area (Å²) in [5, 5.41) is 7.28. The van der Waals surface area contributed by atoms with Crippen molar-refractivity contribution in [2.24, 2.45) is 0 Å². The van der Waals surface area contributed by atoms with Crippen molar-refractivity contribution in [3.8, 4) is 5.69 Å². The molecule has 1 aromatic heterocycles. The molecule has 2 amide bonds. The molecule has 6 nitrogen and oxygen atoms in total. The molecule has 0 aliphatic carbocycles. The molecule has 4 rings (SSSR count). The number of nitrogens with one attached hydrogen (secondary N) is 1. The number of fused-ring (bicyclic) bond motifs is 1. The summed E-state index contributed by atoms with van der Waals surface area (Å²) in [5.74, 6) is -0.163. The molecule has 1 N–H and O–H groups in total. The maximum Gasteiger partial charge on any atom is 0.244 e. The normalized spacial score (nSPS) is 13.2. The molecule has 0 bridgehead atoms. The van der Waals surface area contributed by atoms with Crippen LogP contribution >= 0.6 is 35.3 Å². The van der Waals surface area contributed by atoms with Crippen molar-refractivity contribution >= 4 is 58.5 Å². The third-order valence-corrected chi connectivity index (χ3v) is 6.27.